The van der Waals surface area contributed by atoms with Gasteiger partial charge in [-0.05, 0) is 70.3 Å². The molecule has 1 aromatic heterocycles. The van der Waals surface area contributed by atoms with Crippen LogP contribution in [0.4, 0.5) is 11.5 Å². The SMILES string of the molecule is Cc1cc(Br)cnc1NC(=O)C(C)(C)Oc1cc([N+](=O)[O-])ccc1Br. The fourth-order valence-corrected chi connectivity index (χ4v) is 2.71. The van der Waals surface area contributed by atoms with Gasteiger partial charge < -0.3 is 10.1 Å². The predicted molar refractivity (Wildman–Crippen MR) is 101 cm³/mol. The van der Waals surface area contributed by atoms with Crippen LogP contribution in [0.5, 0.6) is 5.75 Å². The van der Waals surface area contributed by atoms with Crippen molar-refractivity contribution < 1.29 is 14.5 Å². The molecule has 132 valence electrons. The molecule has 0 saturated heterocycles. The Morgan fingerprint density at radius 1 is 1.32 bits per heavy atom. The number of nitrogens with zero attached hydrogens (tertiary/aromatic N) is 2. The summed E-state index contributed by atoms with van der Waals surface area (Å²) >= 11 is 6.58. The Kier molecular flexibility index (Phi) is 5.79. The predicted octanol–water partition coefficient (Wildman–Crippen LogP) is 4.62. The van der Waals surface area contributed by atoms with E-state index in [-0.39, 0.29) is 11.4 Å². The molecule has 0 radical (unpaired) electrons. The Morgan fingerprint density at radius 2 is 2.00 bits per heavy atom. The second-order valence-electron chi connectivity index (χ2n) is 5.76. The van der Waals surface area contributed by atoms with E-state index in [0.29, 0.717) is 10.3 Å². The average molecular weight is 473 g/mol. The van der Waals surface area contributed by atoms with Gasteiger partial charge >= 0.3 is 0 Å². The van der Waals surface area contributed by atoms with Crippen molar-refractivity contribution in [1.82, 2.24) is 4.98 Å². The van der Waals surface area contributed by atoms with Crippen LogP contribution >= 0.6 is 31.9 Å². The molecule has 0 unspecified atom stereocenters. The van der Waals surface area contributed by atoms with Gasteiger partial charge in [0.05, 0.1) is 15.5 Å². The van der Waals surface area contributed by atoms with Crippen molar-refractivity contribution in [2.45, 2.75) is 26.4 Å². The first-order chi connectivity index (χ1) is 11.6. The quantitative estimate of drug-likeness (QED) is 0.506. The van der Waals surface area contributed by atoms with Crippen molar-refractivity contribution in [2.75, 3.05) is 5.32 Å². The number of anilines is 1. The van der Waals surface area contributed by atoms with E-state index in [9.17, 15) is 14.9 Å². The summed E-state index contributed by atoms with van der Waals surface area (Å²) in [7, 11) is 0. The number of nitro groups is 1. The summed E-state index contributed by atoms with van der Waals surface area (Å²) in [5.74, 6) is 0.196. The van der Waals surface area contributed by atoms with Gasteiger partial charge in [0.25, 0.3) is 11.6 Å². The number of non-ortho nitro benzene ring substituents is 1. The molecule has 1 amide bonds. The third-order valence-corrected chi connectivity index (χ3v) is 4.40. The first-order valence-electron chi connectivity index (χ1n) is 7.16. The van der Waals surface area contributed by atoms with Crippen LogP contribution in [-0.2, 0) is 4.79 Å². The summed E-state index contributed by atoms with van der Waals surface area (Å²) in [6.07, 6.45) is 1.58. The van der Waals surface area contributed by atoms with E-state index in [1.807, 2.05) is 13.0 Å². The monoisotopic (exact) mass is 471 g/mol. The Hall–Kier alpha value is -2.00. The van der Waals surface area contributed by atoms with E-state index in [4.69, 9.17) is 4.74 Å². The maximum absolute atomic E-state index is 12.6. The number of carbonyl (C=O) groups is 1. The number of ether oxygens (including phenoxy) is 1. The van der Waals surface area contributed by atoms with Crippen LogP contribution in [0.2, 0.25) is 0 Å². The molecule has 2 rings (SSSR count). The average Bonchev–Trinajstić information content (AvgIpc) is 2.51. The zero-order chi connectivity index (χ0) is 18.8. The van der Waals surface area contributed by atoms with Gasteiger partial charge in [-0.3, -0.25) is 14.9 Å². The fraction of sp³-hybridized carbons (Fsp3) is 0.250. The van der Waals surface area contributed by atoms with Crippen LogP contribution in [0.1, 0.15) is 19.4 Å². The largest absolute Gasteiger partial charge is 0.477 e. The standard InChI is InChI=1S/C16H15Br2N3O4/c1-9-6-10(17)8-19-14(9)20-15(22)16(2,3)25-13-7-11(21(23)24)4-5-12(13)18/h4-8H,1-3H3,(H,19,20,22). The smallest absolute Gasteiger partial charge is 0.273 e. The Bertz CT molecular complexity index is 840. The lowest BCUT2D eigenvalue weighted by atomic mass is 10.1. The van der Waals surface area contributed by atoms with Gasteiger partial charge in [0.2, 0.25) is 0 Å². The van der Waals surface area contributed by atoms with Gasteiger partial charge in [0.1, 0.15) is 11.6 Å². The number of benzene rings is 1. The van der Waals surface area contributed by atoms with E-state index in [0.717, 1.165) is 10.0 Å². The topological polar surface area (TPSA) is 94.4 Å². The highest BCUT2D eigenvalue weighted by Crippen LogP contribution is 2.32. The zero-order valence-electron chi connectivity index (χ0n) is 13.7. The summed E-state index contributed by atoms with van der Waals surface area (Å²) in [5, 5.41) is 13.6. The van der Waals surface area contributed by atoms with Crippen molar-refractivity contribution in [3.63, 3.8) is 0 Å². The molecule has 1 heterocycles. The molecule has 2 aromatic rings. The number of hydrogen-bond acceptors (Lipinski definition) is 5. The number of hydrogen-bond donors (Lipinski definition) is 1. The fourth-order valence-electron chi connectivity index (χ4n) is 1.93. The third-order valence-electron chi connectivity index (χ3n) is 3.31. The summed E-state index contributed by atoms with van der Waals surface area (Å²) in [5.41, 5.74) is -0.617. The van der Waals surface area contributed by atoms with Crippen molar-refractivity contribution >= 4 is 49.3 Å². The summed E-state index contributed by atoms with van der Waals surface area (Å²) in [6.45, 7) is 4.96. The molecule has 1 aromatic carbocycles. The van der Waals surface area contributed by atoms with Crippen LogP contribution in [0.15, 0.2) is 39.4 Å². The number of pyridine rings is 1. The molecule has 0 spiro atoms. The van der Waals surface area contributed by atoms with E-state index < -0.39 is 16.4 Å². The van der Waals surface area contributed by atoms with Gasteiger partial charge in [-0.25, -0.2) is 4.98 Å². The van der Waals surface area contributed by atoms with Crippen LogP contribution in [0.25, 0.3) is 0 Å². The van der Waals surface area contributed by atoms with Gasteiger partial charge in [-0.1, -0.05) is 0 Å². The normalized spacial score (nSPS) is 11.1. The molecule has 0 aliphatic carbocycles. The highest BCUT2D eigenvalue weighted by atomic mass is 79.9. The summed E-state index contributed by atoms with van der Waals surface area (Å²) in [6, 6.07) is 5.94. The number of amides is 1. The lowest BCUT2D eigenvalue weighted by molar-refractivity contribution is -0.385. The zero-order valence-corrected chi connectivity index (χ0v) is 16.8. The van der Waals surface area contributed by atoms with Crippen LogP contribution in [0, 0.1) is 17.0 Å². The van der Waals surface area contributed by atoms with Crippen LogP contribution < -0.4 is 10.1 Å². The maximum atomic E-state index is 12.6. The molecule has 0 saturated carbocycles. The Balaban J connectivity index is 2.22. The minimum Gasteiger partial charge on any atom is -0.477 e. The molecule has 0 aliphatic rings. The molecule has 25 heavy (non-hydrogen) atoms. The van der Waals surface area contributed by atoms with Gasteiger partial charge in [0, 0.05) is 16.7 Å². The highest BCUT2D eigenvalue weighted by Gasteiger charge is 2.32. The number of nitro benzene ring substituents is 1. The van der Waals surface area contributed by atoms with Crippen LogP contribution in [-0.4, -0.2) is 21.4 Å². The van der Waals surface area contributed by atoms with Crippen molar-refractivity contribution in [3.8, 4) is 5.75 Å². The maximum Gasteiger partial charge on any atom is 0.273 e. The van der Waals surface area contributed by atoms with Gasteiger partial charge in [-0.2, -0.15) is 0 Å². The highest BCUT2D eigenvalue weighted by molar-refractivity contribution is 9.10. The first kappa shape index (κ1) is 19.3. The molecule has 9 heteroatoms. The molecule has 7 nitrogen and oxygen atoms in total. The van der Waals surface area contributed by atoms with Crippen molar-refractivity contribution in [3.05, 3.63) is 55.1 Å². The second-order valence-corrected chi connectivity index (χ2v) is 7.53. The summed E-state index contributed by atoms with van der Waals surface area (Å²) in [4.78, 5) is 27.1. The number of rotatable bonds is 5. The lowest BCUT2D eigenvalue weighted by Crippen LogP contribution is -2.43. The lowest BCUT2D eigenvalue weighted by Gasteiger charge is -2.26. The molecule has 0 aliphatic heterocycles. The second kappa shape index (κ2) is 7.49. The van der Waals surface area contributed by atoms with E-state index >= 15 is 0 Å². The molecular weight excluding hydrogens is 458 g/mol. The number of aromatic nitrogens is 1. The van der Waals surface area contributed by atoms with Crippen LogP contribution in [0.3, 0.4) is 0 Å². The van der Waals surface area contributed by atoms with Crippen molar-refractivity contribution in [2.24, 2.45) is 0 Å². The van der Waals surface area contributed by atoms with E-state index in [2.05, 4.69) is 42.2 Å². The Morgan fingerprint density at radius 3 is 2.60 bits per heavy atom. The minimum absolute atomic E-state index is 0.125. The molecular formula is C16H15Br2N3O4. The number of nitrogens with one attached hydrogen (secondary N) is 1. The minimum atomic E-state index is -1.28. The summed E-state index contributed by atoms with van der Waals surface area (Å²) < 4.78 is 7.04. The number of aryl methyl sites for hydroxylation is 1. The number of halogens is 2. The third kappa shape index (κ3) is 4.76. The van der Waals surface area contributed by atoms with Gasteiger partial charge in [-0.15, -0.1) is 0 Å². The van der Waals surface area contributed by atoms with Crippen molar-refractivity contribution in [1.29, 1.82) is 0 Å². The first-order valence-corrected chi connectivity index (χ1v) is 8.75. The molecule has 0 bridgehead atoms. The molecule has 0 fully saturated rings. The number of carbonyl (C=O) groups excluding carboxylic acids is 1. The van der Waals surface area contributed by atoms with E-state index in [1.165, 1.54) is 18.2 Å². The molecule has 0 atom stereocenters. The molecule has 1 N–H and O–H groups in total. The Labute approximate surface area is 161 Å². The van der Waals surface area contributed by atoms with Gasteiger partial charge in [0.15, 0.2) is 5.60 Å². The van der Waals surface area contributed by atoms with E-state index in [1.54, 1.807) is 20.0 Å².